The van der Waals surface area contributed by atoms with E-state index in [1.54, 1.807) is 11.3 Å². The van der Waals surface area contributed by atoms with E-state index in [0.717, 1.165) is 0 Å². The van der Waals surface area contributed by atoms with Crippen molar-refractivity contribution in [3.63, 3.8) is 0 Å². The van der Waals surface area contributed by atoms with Crippen molar-refractivity contribution < 1.29 is 0 Å². The smallest absolute Gasteiger partial charge is 0.0701 e. The molecule has 3 heteroatoms. The molecule has 0 fully saturated rings. The lowest BCUT2D eigenvalue weighted by Crippen LogP contribution is -2.18. The summed E-state index contributed by atoms with van der Waals surface area (Å²) < 4.78 is 1.17. The molecule has 0 saturated carbocycles. The third kappa shape index (κ3) is 3.08. The molecule has 0 radical (unpaired) electrons. The van der Waals surface area contributed by atoms with Crippen LogP contribution < -0.4 is 5.73 Å². The zero-order chi connectivity index (χ0) is 9.84. The van der Waals surface area contributed by atoms with Crippen LogP contribution in [0.5, 0.6) is 0 Å². The van der Waals surface area contributed by atoms with E-state index in [9.17, 15) is 0 Å². The second-order valence-electron chi connectivity index (χ2n) is 3.48. The maximum Gasteiger partial charge on any atom is 0.0701 e. The highest BCUT2D eigenvalue weighted by Crippen LogP contribution is 2.29. The van der Waals surface area contributed by atoms with E-state index >= 15 is 0 Å². The molecule has 2 N–H and O–H groups in total. The summed E-state index contributed by atoms with van der Waals surface area (Å²) in [6.07, 6.45) is 2.41. The quantitative estimate of drug-likeness (QED) is 0.873. The summed E-state index contributed by atoms with van der Waals surface area (Å²) in [6.45, 7) is 4.42. The highest BCUT2D eigenvalue weighted by Gasteiger charge is 2.14. The summed E-state index contributed by atoms with van der Waals surface area (Å²) in [5.74, 6) is 0.575. The lowest BCUT2D eigenvalue weighted by atomic mass is 9.94. The normalized spacial score (nSPS) is 15.7. The summed E-state index contributed by atoms with van der Waals surface area (Å²) in [5, 5.41) is 2.14. The molecule has 1 aromatic rings. The zero-order valence-electron chi connectivity index (χ0n) is 8.09. The Labute approximate surface area is 92.5 Å². The molecular formula is C10H16BrNS. The van der Waals surface area contributed by atoms with Crippen molar-refractivity contribution in [3.8, 4) is 0 Å². The second kappa shape index (κ2) is 5.13. The predicted octanol–water partition coefficient (Wildman–Crippen LogP) is 3.95. The summed E-state index contributed by atoms with van der Waals surface area (Å²) in [5.41, 5.74) is 7.39. The molecule has 2 atom stereocenters. The summed E-state index contributed by atoms with van der Waals surface area (Å²) in [7, 11) is 0. The summed E-state index contributed by atoms with van der Waals surface area (Å²) in [6, 6.07) is 2.32. The van der Waals surface area contributed by atoms with Crippen molar-refractivity contribution in [2.24, 2.45) is 11.7 Å². The Kier molecular flexibility index (Phi) is 4.42. The number of thiophene rings is 1. The largest absolute Gasteiger partial charge is 0.324 e. The van der Waals surface area contributed by atoms with Crippen molar-refractivity contribution in [2.75, 3.05) is 0 Å². The van der Waals surface area contributed by atoms with E-state index < -0.39 is 0 Å². The van der Waals surface area contributed by atoms with Gasteiger partial charge in [0, 0.05) is 6.04 Å². The van der Waals surface area contributed by atoms with Crippen molar-refractivity contribution >= 4 is 27.3 Å². The molecule has 0 saturated heterocycles. The van der Waals surface area contributed by atoms with Crippen LogP contribution in [0.4, 0.5) is 0 Å². The Morgan fingerprint density at radius 2 is 2.31 bits per heavy atom. The lowest BCUT2D eigenvalue weighted by molar-refractivity contribution is 0.434. The van der Waals surface area contributed by atoms with Gasteiger partial charge in [0.25, 0.3) is 0 Å². The van der Waals surface area contributed by atoms with Crippen LogP contribution in [0, 0.1) is 5.92 Å². The van der Waals surface area contributed by atoms with Gasteiger partial charge in [-0.2, -0.15) is 0 Å². The number of rotatable bonds is 4. The fourth-order valence-corrected chi connectivity index (χ4v) is 2.68. The fourth-order valence-electron chi connectivity index (χ4n) is 1.46. The third-order valence-corrected chi connectivity index (χ3v) is 3.85. The van der Waals surface area contributed by atoms with Gasteiger partial charge >= 0.3 is 0 Å². The molecule has 1 nitrogen and oxygen atoms in total. The molecule has 0 aromatic carbocycles. The first-order valence-corrected chi connectivity index (χ1v) is 6.32. The monoisotopic (exact) mass is 261 g/mol. The highest BCUT2D eigenvalue weighted by molar-refractivity contribution is 9.11. The van der Waals surface area contributed by atoms with Gasteiger partial charge in [0.1, 0.15) is 0 Å². The van der Waals surface area contributed by atoms with Crippen LogP contribution in [-0.4, -0.2) is 0 Å². The first-order valence-electron chi connectivity index (χ1n) is 4.64. The van der Waals surface area contributed by atoms with E-state index in [4.69, 9.17) is 5.73 Å². The summed E-state index contributed by atoms with van der Waals surface area (Å²) >= 11 is 5.16. The molecule has 1 aromatic heterocycles. The van der Waals surface area contributed by atoms with Crippen LogP contribution in [0.1, 0.15) is 38.3 Å². The molecule has 0 aliphatic heterocycles. The van der Waals surface area contributed by atoms with Crippen LogP contribution in [0.3, 0.4) is 0 Å². The van der Waals surface area contributed by atoms with E-state index in [1.165, 1.54) is 22.2 Å². The van der Waals surface area contributed by atoms with Gasteiger partial charge in [-0.25, -0.2) is 0 Å². The standard InChI is InChI=1S/C10H16BrNS/c1-3-4-7(2)10(12)8-5-9(11)13-6-8/h5-7,10H,3-4,12H2,1-2H3. The van der Waals surface area contributed by atoms with Gasteiger partial charge in [-0.05, 0) is 45.3 Å². The average molecular weight is 262 g/mol. The van der Waals surface area contributed by atoms with Crippen molar-refractivity contribution in [1.82, 2.24) is 0 Å². The number of halogens is 1. The van der Waals surface area contributed by atoms with Gasteiger partial charge < -0.3 is 5.73 Å². The maximum absolute atomic E-state index is 6.12. The van der Waals surface area contributed by atoms with Gasteiger partial charge in [0.2, 0.25) is 0 Å². The molecular weight excluding hydrogens is 246 g/mol. The van der Waals surface area contributed by atoms with E-state index in [2.05, 4.69) is 41.2 Å². The van der Waals surface area contributed by atoms with Crippen molar-refractivity contribution in [3.05, 3.63) is 20.8 Å². The van der Waals surface area contributed by atoms with Gasteiger partial charge in [-0.3, -0.25) is 0 Å². The number of hydrogen-bond acceptors (Lipinski definition) is 2. The topological polar surface area (TPSA) is 26.0 Å². The maximum atomic E-state index is 6.12. The first kappa shape index (κ1) is 11.2. The minimum absolute atomic E-state index is 0.197. The molecule has 1 heterocycles. The molecule has 0 aliphatic carbocycles. The molecule has 2 unspecified atom stereocenters. The van der Waals surface area contributed by atoms with E-state index in [-0.39, 0.29) is 6.04 Å². The number of hydrogen-bond donors (Lipinski definition) is 1. The molecule has 1 rings (SSSR count). The minimum Gasteiger partial charge on any atom is -0.324 e. The Bertz CT molecular complexity index is 259. The average Bonchev–Trinajstić information content (AvgIpc) is 2.51. The highest BCUT2D eigenvalue weighted by atomic mass is 79.9. The lowest BCUT2D eigenvalue weighted by Gasteiger charge is -2.17. The first-order chi connectivity index (χ1) is 6.15. The van der Waals surface area contributed by atoms with Crippen LogP contribution in [0.25, 0.3) is 0 Å². The second-order valence-corrected chi connectivity index (χ2v) is 5.77. The van der Waals surface area contributed by atoms with Gasteiger partial charge in [-0.15, -0.1) is 11.3 Å². The molecule has 13 heavy (non-hydrogen) atoms. The molecule has 0 amide bonds. The van der Waals surface area contributed by atoms with Gasteiger partial charge in [-0.1, -0.05) is 20.3 Å². The Hall–Kier alpha value is 0.140. The van der Waals surface area contributed by atoms with Crippen LogP contribution >= 0.6 is 27.3 Å². The van der Waals surface area contributed by atoms with Crippen molar-refractivity contribution in [2.45, 2.75) is 32.7 Å². The molecule has 0 bridgehead atoms. The number of nitrogens with two attached hydrogens (primary N) is 1. The van der Waals surface area contributed by atoms with E-state index in [1.807, 2.05) is 0 Å². The van der Waals surface area contributed by atoms with E-state index in [0.29, 0.717) is 5.92 Å². The van der Waals surface area contributed by atoms with Gasteiger partial charge in [0.05, 0.1) is 3.79 Å². The zero-order valence-corrected chi connectivity index (χ0v) is 10.5. The van der Waals surface area contributed by atoms with Crippen LogP contribution in [-0.2, 0) is 0 Å². The Balaban J connectivity index is 2.61. The van der Waals surface area contributed by atoms with Crippen LogP contribution in [0.15, 0.2) is 15.2 Å². The summed E-state index contributed by atoms with van der Waals surface area (Å²) in [4.78, 5) is 0. The fraction of sp³-hybridized carbons (Fsp3) is 0.600. The Morgan fingerprint density at radius 3 is 2.77 bits per heavy atom. The molecule has 0 spiro atoms. The minimum atomic E-state index is 0.197. The predicted molar refractivity (Wildman–Crippen MR) is 63.0 cm³/mol. The SMILES string of the molecule is CCCC(C)C(N)c1csc(Br)c1. The third-order valence-electron chi connectivity index (χ3n) is 2.33. The van der Waals surface area contributed by atoms with Crippen LogP contribution in [0.2, 0.25) is 0 Å². The Morgan fingerprint density at radius 1 is 1.62 bits per heavy atom. The molecule has 74 valence electrons. The van der Waals surface area contributed by atoms with Gasteiger partial charge in [0.15, 0.2) is 0 Å². The molecule has 0 aliphatic rings. The van der Waals surface area contributed by atoms with Crippen molar-refractivity contribution in [1.29, 1.82) is 0 Å².